The van der Waals surface area contributed by atoms with Gasteiger partial charge in [-0.15, -0.1) is 0 Å². The Morgan fingerprint density at radius 1 is 1.25 bits per heavy atom. The third-order valence-corrected chi connectivity index (χ3v) is 6.22. The molecule has 194 valence electrons. The SMILES string of the molecule is CC(C)CCNC=CCS(=O)(=O)NC(=O)/C=C/c1c(C(F)(F)F)nn(C)c1-n1ccc2cccnc21. The molecule has 0 aliphatic heterocycles. The summed E-state index contributed by atoms with van der Waals surface area (Å²) in [7, 11) is -2.70. The largest absolute Gasteiger partial charge is 0.435 e. The van der Waals surface area contributed by atoms with Crippen molar-refractivity contribution in [3.05, 3.63) is 60.2 Å². The molecule has 0 aliphatic rings. The predicted octanol–water partition coefficient (Wildman–Crippen LogP) is 3.39. The highest BCUT2D eigenvalue weighted by molar-refractivity contribution is 7.90. The number of amides is 1. The second-order valence-corrected chi connectivity index (χ2v) is 10.2. The van der Waals surface area contributed by atoms with Gasteiger partial charge in [0.15, 0.2) is 5.69 Å². The van der Waals surface area contributed by atoms with Crippen LogP contribution in [0.5, 0.6) is 0 Å². The predicted molar refractivity (Wildman–Crippen MR) is 130 cm³/mol. The number of sulfonamides is 1. The second kappa shape index (κ2) is 11.0. The zero-order valence-corrected chi connectivity index (χ0v) is 20.8. The first-order valence-electron chi connectivity index (χ1n) is 11.1. The van der Waals surface area contributed by atoms with Crippen LogP contribution in [0.2, 0.25) is 0 Å². The molecule has 3 heterocycles. The lowest BCUT2D eigenvalue weighted by Crippen LogP contribution is -2.30. The Morgan fingerprint density at radius 2 is 2.00 bits per heavy atom. The Balaban J connectivity index is 1.82. The fourth-order valence-corrected chi connectivity index (χ4v) is 4.23. The van der Waals surface area contributed by atoms with E-state index >= 15 is 0 Å². The monoisotopic (exact) mass is 524 g/mol. The van der Waals surface area contributed by atoms with Gasteiger partial charge in [-0.25, -0.2) is 18.1 Å². The summed E-state index contributed by atoms with van der Waals surface area (Å²) in [6.45, 7) is 4.79. The molecule has 9 nitrogen and oxygen atoms in total. The molecular weight excluding hydrogens is 497 g/mol. The van der Waals surface area contributed by atoms with Gasteiger partial charge in [0, 0.05) is 37.4 Å². The molecule has 0 fully saturated rings. The van der Waals surface area contributed by atoms with Gasteiger partial charge in [-0.1, -0.05) is 19.9 Å². The molecule has 3 aromatic heterocycles. The normalized spacial score (nSPS) is 12.9. The number of pyridine rings is 1. The lowest BCUT2D eigenvalue weighted by Gasteiger charge is -2.08. The number of alkyl halides is 3. The molecule has 3 aromatic rings. The van der Waals surface area contributed by atoms with E-state index in [-0.39, 0.29) is 5.82 Å². The maximum Gasteiger partial charge on any atom is 0.435 e. The molecule has 0 radical (unpaired) electrons. The van der Waals surface area contributed by atoms with Crippen LogP contribution in [0.4, 0.5) is 13.2 Å². The van der Waals surface area contributed by atoms with Crippen LogP contribution in [0, 0.1) is 5.92 Å². The number of halogens is 3. The van der Waals surface area contributed by atoms with E-state index in [9.17, 15) is 26.4 Å². The summed E-state index contributed by atoms with van der Waals surface area (Å²) in [5, 5.41) is 7.24. The minimum absolute atomic E-state index is 0.0123. The first-order chi connectivity index (χ1) is 16.9. The number of rotatable bonds is 10. The van der Waals surface area contributed by atoms with E-state index < -0.39 is 39.1 Å². The molecule has 0 aromatic carbocycles. The van der Waals surface area contributed by atoms with Crippen LogP contribution in [0.25, 0.3) is 22.9 Å². The van der Waals surface area contributed by atoms with Crippen LogP contribution in [-0.4, -0.2) is 46.0 Å². The summed E-state index contributed by atoms with van der Waals surface area (Å²) in [6, 6.07) is 5.13. The van der Waals surface area contributed by atoms with Gasteiger partial charge in [-0.2, -0.15) is 18.3 Å². The summed E-state index contributed by atoms with van der Waals surface area (Å²) in [4.78, 5) is 16.5. The molecule has 0 aliphatic carbocycles. The molecule has 0 saturated carbocycles. The van der Waals surface area contributed by atoms with E-state index in [0.29, 0.717) is 23.5 Å². The third-order valence-electron chi connectivity index (χ3n) is 5.07. The molecule has 36 heavy (non-hydrogen) atoms. The van der Waals surface area contributed by atoms with Crippen molar-refractivity contribution in [3.63, 3.8) is 0 Å². The van der Waals surface area contributed by atoms with Gasteiger partial charge in [-0.05, 0) is 42.8 Å². The molecule has 1 amide bonds. The van der Waals surface area contributed by atoms with Crippen molar-refractivity contribution in [1.82, 2.24) is 29.4 Å². The van der Waals surface area contributed by atoms with Crippen molar-refractivity contribution in [2.24, 2.45) is 13.0 Å². The summed E-state index contributed by atoms with van der Waals surface area (Å²) < 4.78 is 69.8. The maximum absolute atomic E-state index is 13.7. The average Bonchev–Trinajstić information content (AvgIpc) is 3.34. The van der Waals surface area contributed by atoms with Gasteiger partial charge in [0.1, 0.15) is 11.5 Å². The minimum Gasteiger partial charge on any atom is -0.391 e. The van der Waals surface area contributed by atoms with Crippen LogP contribution in [0.15, 0.2) is 48.9 Å². The van der Waals surface area contributed by atoms with E-state index in [1.54, 1.807) is 18.2 Å². The van der Waals surface area contributed by atoms with Gasteiger partial charge in [0.25, 0.3) is 5.91 Å². The molecule has 0 atom stereocenters. The highest BCUT2D eigenvalue weighted by Crippen LogP contribution is 2.35. The van der Waals surface area contributed by atoms with Crippen molar-refractivity contribution in [1.29, 1.82) is 0 Å². The number of nitrogens with one attached hydrogen (secondary N) is 2. The van der Waals surface area contributed by atoms with E-state index in [4.69, 9.17) is 0 Å². The molecule has 0 saturated heterocycles. The number of carbonyl (C=O) groups is 1. The number of carbonyl (C=O) groups excluding carboxylic acids is 1. The van der Waals surface area contributed by atoms with E-state index in [1.807, 2.05) is 4.72 Å². The van der Waals surface area contributed by atoms with Crippen LogP contribution in [-0.2, 0) is 28.0 Å². The maximum atomic E-state index is 13.7. The molecule has 0 unspecified atom stereocenters. The lowest BCUT2D eigenvalue weighted by molar-refractivity contribution is -0.141. The van der Waals surface area contributed by atoms with Crippen molar-refractivity contribution < 1.29 is 26.4 Å². The third kappa shape index (κ3) is 6.74. The number of aromatic nitrogens is 4. The summed E-state index contributed by atoms with van der Waals surface area (Å²) >= 11 is 0. The van der Waals surface area contributed by atoms with Crippen molar-refractivity contribution in [2.45, 2.75) is 26.4 Å². The van der Waals surface area contributed by atoms with Gasteiger partial charge in [0.2, 0.25) is 10.0 Å². The zero-order chi connectivity index (χ0) is 26.5. The average molecular weight is 525 g/mol. The van der Waals surface area contributed by atoms with Gasteiger partial charge in [0.05, 0.1) is 11.3 Å². The number of fused-ring (bicyclic) bond motifs is 1. The minimum atomic E-state index is -4.82. The fourth-order valence-electron chi connectivity index (χ4n) is 3.42. The molecule has 0 spiro atoms. The number of hydrogen-bond acceptors (Lipinski definition) is 6. The summed E-state index contributed by atoms with van der Waals surface area (Å²) in [6.07, 6.45) is 3.58. The van der Waals surface area contributed by atoms with Crippen LogP contribution in [0.1, 0.15) is 31.5 Å². The van der Waals surface area contributed by atoms with Gasteiger partial charge in [-0.3, -0.25) is 14.0 Å². The Kier molecular flexibility index (Phi) is 8.23. The van der Waals surface area contributed by atoms with Gasteiger partial charge < -0.3 is 5.32 Å². The lowest BCUT2D eigenvalue weighted by atomic mass is 10.1. The Morgan fingerprint density at radius 3 is 2.69 bits per heavy atom. The van der Waals surface area contributed by atoms with Crippen LogP contribution >= 0.6 is 0 Å². The highest BCUT2D eigenvalue weighted by atomic mass is 32.2. The molecule has 13 heteroatoms. The first kappa shape index (κ1) is 27.0. The number of nitrogens with zero attached hydrogens (tertiary/aromatic N) is 4. The molecular formula is C23H27F3N6O3S. The summed E-state index contributed by atoms with van der Waals surface area (Å²) in [5.74, 6) is -1.06. The first-order valence-corrected chi connectivity index (χ1v) is 12.7. The quantitative estimate of drug-likeness (QED) is 0.311. The fraction of sp³-hybridized carbons (Fsp3) is 0.348. The van der Waals surface area contributed by atoms with Crippen molar-refractivity contribution in [2.75, 3.05) is 12.3 Å². The summed E-state index contributed by atoms with van der Waals surface area (Å²) in [5.41, 5.74) is -1.24. The van der Waals surface area contributed by atoms with Crippen molar-refractivity contribution >= 4 is 33.0 Å². The smallest absolute Gasteiger partial charge is 0.391 e. The molecule has 0 bridgehead atoms. The topological polar surface area (TPSA) is 111 Å². The van der Waals surface area contributed by atoms with Gasteiger partial charge >= 0.3 is 6.18 Å². The zero-order valence-electron chi connectivity index (χ0n) is 20.0. The molecule has 2 N–H and O–H groups in total. The Bertz CT molecular complexity index is 1390. The van der Waals surface area contributed by atoms with E-state index in [1.165, 1.54) is 36.3 Å². The number of hydrogen-bond donors (Lipinski definition) is 2. The van der Waals surface area contributed by atoms with E-state index in [0.717, 1.165) is 23.3 Å². The van der Waals surface area contributed by atoms with Crippen molar-refractivity contribution in [3.8, 4) is 5.82 Å². The second-order valence-electron chi connectivity index (χ2n) is 8.43. The van der Waals surface area contributed by atoms with E-state index in [2.05, 4.69) is 29.2 Å². The number of aryl methyl sites for hydroxylation is 1. The Labute approximate surface area is 206 Å². The van der Waals surface area contributed by atoms with Crippen LogP contribution in [0.3, 0.4) is 0 Å². The highest BCUT2D eigenvalue weighted by Gasteiger charge is 2.38. The standard InChI is InChI=1S/C23H27F3N6O3S/c1-16(2)9-13-27-11-5-15-36(34,35)30-19(33)8-7-18-20(23(24,25)26)29-31(3)22(18)32-14-10-17-6-4-12-28-21(17)32/h4-8,10-12,14,16,27H,9,13,15H2,1-3H3,(H,30,33)/b8-7+,11-5?. The van der Waals surface area contributed by atoms with Crippen LogP contribution < -0.4 is 10.0 Å². The molecule has 3 rings (SSSR count). The Hall–Kier alpha value is -3.61.